The molecule has 10 heteroatoms. The maximum absolute atomic E-state index is 13.2. The first-order valence-electron chi connectivity index (χ1n) is 12.0. The van der Waals surface area contributed by atoms with Crippen molar-refractivity contribution in [3.05, 3.63) is 88.3 Å². The van der Waals surface area contributed by atoms with Crippen LogP contribution in [0.25, 0.3) is 10.8 Å². The molecule has 0 atom stereocenters. The van der Waals surface area contributed by atoms with Gasteiger partial charge in [0.05, 0.1) is 19.1 Å². The van der Waals surface area contributed by atoms with Crippen LogP contribution in [-0.4, -0.2) is 63.0 Å². The van der Waals surface area contributed by atoms with Gasteiger partial charge < -0.3 is 21.1 Å². The molecule has 0 unspecified atom stereocenters. The first kappa shape index (κ1) is 28.8. The van der Waals surface area contributed by atoms with Crippen molar-refractivity contribution in [3.63, 3.8) is 0 Å². The number of nitrogens with zero attached hydrogens (tertiary/aromatic N) is 2. The Morgan fingerprint density at radius 2 is 1.82 bits per heavy atom. The Labute approximate surface area is 226 Å². The number of primary amides is 1. The molecule has 200 valence electrons. The van der Waals surface area contributed by atoms with Crippen LogP contribution < -0.4 is 16.4 Å². The summed E-state index contributed by atoms with van der Waals surface area (Å²) in [4.78, 5) is 27.7. The minimum absolute atomic E-state index is 0.105. The predicted molar refractivity (Wildman–Crippen MR) is 153 cm³/mol. The largest absolute Gasteiger partial charge is 0.381 e. The van der Waals surface area contributed by atoms with Crippen molar-refractivity contribution in [3.8, 4) is 0 Å². The van der Waals surface area contributed by atoms with E-state index in [9.17, 15) is 14.0 Å². The quantitative estimate of drug-likeness (QED) is 0.155. The maximum atomic E-state index is 13.2. The molecule has 0 bridgehead atoms. The third kappa shape index (κ3) is 8.69. The average molecular weight is 538 g/mol. The highest BCUT2D eigenvalue weighted by atomic mass is 32.2. The summed E-state index contributed by atoms with van der Waals surface area (Å²) in [6.45, 7) is 7.94. The van der Waals surface area contributed by atoms with Crippen molar-refractivity contribution < 1.29 is 18.7 Å². The number of amides is 1. The predicted octanol–water partition coefficient (Wildman–Crippen LogP) is 3.99. The number of halogens is 1. The molecule has 0 radical (unpaired) electrons. The van der Waals surface area contributed by atoms with Crippen LogP contribution in [0.1, 0.15) is 15.9 Å². The van der Waals surface area contributed by atoms with E-state index in [0.29, 0.717) is 10.9 Å². The van der Waals surface area contributed by atoms with Crippen LogP contribution in [0.2, 0.25) is 0 Å². The van der Waals surface area contributed by atoms with Gasteiger partial charge in [0, 0.05) is 37.9 Å². The van der Waals surface area contributed by atoms with Gasteiger partial charge in [0.1, 0.15) is 17.1 Å². The molecule has 1 saturated heterocycles. The van der Waals surface area contributed by atoms with E-state index in [1.807, 2.05) is 42.5 Å². The Bertz CT molecular complexity index is 1280. The zero-order valence-corrected chi connectivity index (χ0v) is 22.1. The van der Waals surface area contributed by atoms with E-state index in [-0.39, 0.29) is 11.5 Å². The van der Waals surface area contributed by atoms with E-state index >= 15 is 0 Å². The molecular formula is C28H32FN5O3S. The highest BCUT2D eigenvalue weighted by Gasteiger charge is 2.11. The van der Waals surface area contributed by atoms with Crippen LogP contribution in [0.5, 0.6) is 0 Å². The van der Waals surface area contributed by atoms with Crippen LogP contribution in [0.15, 0.2) is 76.4 Å². The number of anilines is 1. The van der Waals surface area contributed by atoms with Gasteiger partial charge in [-0.25, -0.2) is 4.39 Å². The van der Waals surface area contributed by atoms with Crippen LogP contribution >= 0.6 is 11.8 Å². The number of hydrogen-bond acceptors (Lipinski definition) is 8. The average Bonchev–Trinajstić information content (AvgIpc) is 2.94. The number of thioether (sulfide) groups is 1. The molecule has 4 rings (SSSR count). The van der Waals surface area contributed by atoms with Crippen LogP contribution in [0.3, 0.4) is 0 Å². The van der Waals surface area contributed by atoms with Gasteiger partial charge in [0.25, 0.3) is 5.91 Å². The Balaban J connectivity index is 0.000000230. The summed E-state index contributed by atoms with van der Waals surface area (Å²) in [6.07, 6.45) is 0.874. The van der Waals surface area contributed by atoms with Gasteiger partial charge in [-0.2, -0.15) is 0 Å². The van der Waals surface area contributed by atoms with Gasteiger partial charge in [-0.15, -0.1) is 0 Å². The molecule has 0 aromatic heterocycles. The molecule has 1 fully saturated rings. The fourth-order valence-electron chi connectivity index (χ4n) is 3.76. The number of nitrogens with two attached hydrogens (primary N) is 1. The smallest absolute Gasteiger partial charge is 0.269 e. The maximum Gasteiger partial charge on any atom is 0.269 e. The van der Waals surface area contributed by atoms with E-state index < -0.39 is 5.91 Å². The van der Waals surface area contributed by atoms with Crippen molar-refractivity contribution >= 4 is 47.1 Å². The van der Waals surface area contributed by atoms with Crippen molar-refractivity contribution in [2.24, 2.45) is 10.7 Å². The lowest BCUT2D eigenvalue weighted by molar-refractivity contribution is -0.114. The number of fused-ring (bicyclic) bond motifs is 1. The molecule has 1 aliphatic heterocycles. The molecule has 1 amide bonds. The highest BCUT2D eigenvalue weighted by Crippen LogP contribution is 2.22. The third-order valence-corrected chi connectivity index (χ3v) is 6.73. The topological polar surface area (TPSA) is 109 Å². The molecule has 1 heterocycles. The lowest BCUT2D eigenvalue weighted by Crippen LogP contribution is -2.35. The van der Waals surface area contributed by atoms with Crippen LogP contribution in [-0.2, 0) is 16.1 Å². The van der Waals surface area contributed by atoms with E-state index in [4.69, 9.17) is 10.5 Å². The van der Waals surface area contributed by atoms with Gasteiger partial charge in [0.15, 0.2) is 5.70 Å². The van der Waals surface area contributed by atoms with Gasteiger partial charge in [0.2, 0.25) is 0 Å². The number of hydrogen-bond donors (Lipinski definition) is 3. The van der Waals surface area contributed by atoms with Crippen molar-refractivity contribution in [1.82, 2.24) is 10.2 Å². The van der Waals surface area contributed by atoms with Crippen molar-refractivity contribution in [2.75, 3.05) is 44.5 Å². The summed E-state index contributed by atoms with van der Waals surface area (Å²) in [6, 6.07) is 18.0. The monoisotopic (exact) mass is 537 g/mol. The number of rotatable bonds is 10. The number of carbonyl (C=O) groups excluding carboxylic acids is 2. The highest BCUT2D eigenvalue weighted by molar-refractivity contribution is 8.03. The second kappa shape index (κ2) is 14.9. The second-order valence-electron chi connectivity index (χ2n) is 8.37. The van der Waals surface area contributed by atoms with E-state index in [1.54, 1.807) is 13.1 Å². The molecule has 1 aliphatic rings. The Morgan fingerprint density at radius 1 is 1.13 bits per heavy atom. The fourth-order valence-corrected chi connectivity index (χ4v) is 4.59. The third-order valence-electron chi connectivity index (χ3n) is 5.75. The van der Waals surface area contributed by atoms with E-state index in [2.05, 4.69) is 27.2 Å². The molecular weight excluding hydrogens is 505 g/mol. The SMILES string of the molecule is C=N/C(C(N)=O)=C(/NC)SCNc1ccc2cc(F)ccc2c1.O=Cc1ccc(CN2CCOCC2)cc1. The number of aliphatic imine (C=N–C) groups is 1. The molecule has 0 aliphatic carbocycles. The Morgan fingerprint density at radius 3 is 2.45 bits per heavy atom. The lowest BCUT2D eigenvalue weighted by atomic mass is 10.1. The summed E-state index contributed by atoms with van der Waals surface area (Å²) in [7, 11) is 1.68. The number of carbonyl (C=O) groups is 2. The first-order valence-corrected chi connectivity index (χ1v) is 13.0. The van der Waals surface area contributed by atoms with E-state index in [1.165, 1.54) is 29.5 Å². The van der Waals surface area contributed by atoms with Gasteiger partial charge in [-0.3, -0.25) is 19.5 Å². The van der Waals surface area contributed by atoms with Gasteiger partial charge >= 0.3 is 0 Å². The molecule has 38 heavy (non-hydrogen) atoms. The number of ether oxygens (including phenoxy) is 1. The first-order chi connectivity index (χ1) is 18.4. The number of morpholine rings is 1. The summed E-state index contributed by atoms with van der Waals surface area (Å²) in [5.74, 6) is -0.395. The molecule has 0 saturated carbocycles. The Kier molecular flexibility index (Phi) is 11.3. The molecule has 0 spiro atoms. The van der Waals surface area contributed by atoms with Crippen LogP contribution in [0.4, 0.5) is 10.1 Å². The zero-order valence-electron chi connectivity index (χ0n) is 21.3. The standard InChI is InChI=1S/C16H17FN4OS.C12H15NO2/c1-19-14(15(18)22)16(20-2)23-9-21-13-6-4-10-7-12(17)5-3-11(10)8-13;14-10-12-3-1-11(2-4-12)9-13-5-7-15-8-6-13/h3-8,20-21H,1,9H2,2H3,(H2,18,22);1-4,10H,5-9H2/b16-14-;. The Hall–Kier alpha value is -3.73. The summed E-state index contributed by atoms with van der Waals surface area (Å²) >= 11 is 1.35. The molecule has 8 nitrogen and oxygen atoms in total. The fraction of sp³-hybridized carbons (Fsp3) is 0.250. The number of aldehydes is 1. The van der Waals surface area contributed by atoms with Crippen molar-refractivity contribution in [2.45, 2.75) is 6.54 Å². The summed E-state index contributed by atoms with van der Waals surface area (Å²) in [5, 5.41) is 8.42. The van der Waals surface area contributed by atoms with Gasteiger partial charge in [-0.05, 0) is 47.3 Å². The normalized spacial score (nSPS) is 14.1. The summed E-state index contributed by atoms with van der Waals surface area (Å²) in [5.41, 5.74) is 8.23. The van der Waals surface area contributed by atoms with E-state index in [0.717, 1.165) is 61.2 Å². The van der Waals surface area contributed by atoms with Crippen molar-refractivity contribution in [1.29, 1.82) is 0 Å². The van der Waals surface area contributed by atoms with Crippen LogP contribution in [0, 0.1) is 5.82 Å². The minimum atomic E-state index is -0.635. The molecule has 3 aromatic rings. The summed E-state index contributed by atoms with van der Waals surface area (Å²) < 4.78 is 18.4. The second-order valence-corrected chi connectivity index (χ2v) is 9.36. The number of benzene rings is 3. The number of nitrogens with one attached hydrogen (secondary N) is 2. The van der Waals surface area contributed by atoms with Gasteiger partial charge in [-0.1, -0.05) is 48.2 Å². The lowest BCUT2D eigenvalue weighted by Gasteiger charge is -2.26. The zero-order chi connectivity index (χ0) is 27.3. The minimum Gasteiger partial charge on any atom is -0.381 e. The molecule has 4 N–H and O–H groups in total. The molecule has 3 aromatic carbocycles.